The number of ether oxygens (including phenoxy) is 1. The molecule has 0 radical (unpaired) electrons. The zero-order valence-electron chi connectivity index (χ0n) is 15.4. The lowest BCUT2D eigenvalue weighted by Crippen LogP contribution is -2.24. The molecule has 7 nitrogen and oxygen atoms in total. The topological polar surface area (TPSA) is 70.3 Å². The van der Waals surface area contributed by atoms with Gasteiger partial charge in [-0.05, 0) is 40.9 Å². The molecule has 0 unspecified atom stereocenters. The number of nitrogens with zero attached hydrogens (tertiary/aromatic N) is 3. The van der Waals surface area contributed by atoms with Crippen LogP contribution in [0.15, 0.2) is 44.3 Å². The maximum Gasteiger partial charge on any atom is 0.277 e. The van der Waals surface area contributed by atoms with Crippen molar-refractivity contribution in [1.29, 1.82) is 0 Å². The fourth-order valence-electron chi connectivity index (χ4n) is 2.78. The van der Waals surface area contributed by atoms with Gasteiger partial charge in [0.2, 0.25) is 5.88 Å². The highest BCUT2D eigenvalue weighted by atomic mass is 79.9. The minimum Gasteiger partial charge on any atom is -0.484 e. The van der Waals surface area contributed by atoms with Gasteiger partial charge in [0.15, 0.2) is 12.4 Å². The molecule has 0 saturated carbocycles. The Hall–Kier alpha value is -2.48. The predicted octanol–water partition coefficient (Wildman–Crippen LogP) is 3.24. The van der Waals surface area contributed by atoms with E-state index >= 15 is 0 Å². The fourth-order valence-corrected chi connectivity index (χ4v) is 3.33. The summed E-state index contributed by atoms with van der Waals surface area (Å²) in [6.07, 6.45) is 3.82. The van der Waals surface area contributed by atoms with Gasteiger partial charge < -0.3 is 19.0 Å². The molecule has 1 N–H and O–H groups in total. The largest absolute Gasteiger partial charge is 0.484 e. The van der Waals surface area contributed by atoms with Gasteiger partial charge in [0.05, 0.1) is 10.7 Å². The molecular formula is C19H23BrN4O3. The molecule has 1 fully saturated rings. The molecule has 3 rings (SSSR count). The van der Waals surface area contributed by atoms with E-state index in [4.69, 9.17) is 9.15 Å². The summed E-state index contributed by atoms with van der Waals surface area (Å²) in [5.41, 5.74) is 3.45. The lowest BCUT2D eigenvalue weighted by Gasteiger charge is -2.13. The van der Waals surface area contributed by atoms with Crippen LogP contribution in [0.3, 0.4) is 0 Å². The Morgan fingerprint density at radius 2 is 2.15 bits per heavy atom. The summed E-state index contributed by atoms with van der Waals surface area (Å²) in [4.78, 5) is 16.1. The third-order valence-electron chi connectivity index (χ3n) is 4.17. The van der Waals surface area contributed by atoms with Crippen LogP contribution in [0.2, 0.25) is 0 Å². The van der Waals surface area contributed by atoms with Crippen molar-refractivity contribution in [3.63, 3.8) is 0 Å². The molecule has 144 valence electrons. The summed E-state index contributed by atoms with van der Waals surface area (Å²) in [6, 6.07) is 9.37. The summed E-state index contributed by atoms with van der Waals surface area (Å²) < 4.78 is 12.2. The van der Waals surface area contributed by atoms with Gasteiger partial charge in [-0.2, -0.15) is 5.10 Å². The first-order valence-corrected chi connectivity index (χ1v) is 9.58. The maximum absolute atomic E-state index is 11.9. The highest BCUT2D eigenvalue weighted by Gasteiger charge is 2.19. The lowest BCUT2D eigenvalue weighted by molar-refractivity contribution is -0.123. The number of hydrogen-bond donors (Lipinski definition) is 1. The first-order chi connectivity index (χ1) is 13.0. The Bertz CT molecular complexity index is 813. The first-order valence-electron chi connectivity index (χ1n) is 8.79. The number of benzene rings is 1. The Morgan fingerprint density at radius 3 is 2.89 bits per heavy atom. The van der Waals surface area contributed by atoms with Gasteiger partial charge in [0.25, 0.3) is 5.91 Å². The normalized spacial score (nSPS) is 14.0. The van der Waals surface area contributed by atoms with Gasteiger partial charge in [-0.25, -0.2) is 5.43 Å². The number of furan rings is 1. The van der Waals surface area contributed by atoms with Crippen molar-refractivity contribution in [2.24, 2.45) is 5.10 Å². The van der Waals surface area contributed by atoms with E-state index in [-0.39, 0.29) is 12.5 Å². The molecule has 27 heavy (non-hydrogen) atoms. The van der Waals surface area contributed by atoms with Crippen LogP contribution >= 0.6 is 15.9 Å². The van der Waals surface area contributed by atoms with Crippen LogP contribution in [0.1, 0.15) is 18.6 Å². The lowest BCUT2D eigenvalue weighted by atomic mass is 10.3. The molecule has 1 aromatic carbocycles. The van der Waals surface area contributed by atoms with Crippen molar-refractivity contribution in [1.82, 2.24) is 5.43 Å². The summed E-state index contributed by atoms with van der Waals surface area (Å²) in [6.45, 7) is 1.87. The number of carbonyl (C=O) groups excluding carboxylic acids is 1. The standard InChI is InChI=1S/C19H23BrN4O3/c1-23(2)14-6-5-7-15(10-14)26-13-18(25)22-21-12-16-11-17(20)19(27-16)24-8-3-4-9-24/h5-7,10-12H,3-4,8-9,13H2,1-2H3,(H,22,25)/b21-12+. The fraction of sp³-hybridized carbons (Fsp3) is 0.368. The Kier molecular flexibility index (Phi) is 6.39. The summed E-state index contributed by atoms with van der Waals surface area (Å²) in [7, 11) is 3.89. The van der Waals surface area contributed by atoms with Crippen LogP contribution in [-0.2, 0) is 4.79 Å². The number of nitrogens with one attached hydrogen (secondary N) is 1. The van der Waals surface area contributed by atoms with Gasteiger partial charge in [-0.3, -0.25) is 4.79 Å². The van der Waals surface area contributed by atoms with Gasteiger partial charge in [0, 0.05) is 45.0 Å². The maximum atomic E-state index is 11.9. The zero-order chi connectivity index (χ0) is 19.2. The van der Waals surface area contributed by atoms with Crippen LogP contribution in [0.5, 0.6) is 5.75 Å². The Morgan fingerprint density at radius 1 is 1.37 bits per heavy atom. The number of halogens is 1. The van der Waals surface area contributed by atoms with Crippen molar-refractivity contribution in [2.75, 3.05) is 43.6 Å². The second-order valence-electron chi connectivity index (χ2n) is 6.47. The van der Waals surface area contributed by atoms with E-state index in [0.29, 0.717) is 11.5 Å². The second-order valence-corrected chi connectivity index (χ2v) is 7.32. The van der Waals surface area contributed by atoms with E-state index in [1.165, 1.54) is 19.1 Å². The minimum absolute atomic E-state index is 0.116. The SMILES string of the molecule is CN(C)c1cccc(OCC(=O)N/N=C/c2cc(Br)c(N3CCCC3)o2)c1. The molecule has 0 bridgehead atoms. The summed E-state index contributed by atoms with van der Waals surface area (Å²) >= 11 is 3.51. The molecule has 8 heteroatoms. The van der Waals surface area contributed by atoms with E-state index < -0.39 is 0 Å². The number of anilines is 2. The third kappa shape index (κ3) is 5.26. The van der Waals surface area contributed by atoms with Crippen molar-refractivity contribution < 1.29 is 13.9 Å². The average Bonchev–Trinajstić information content (AvgIpc) is 3.30. The van der Waals surface area contributed by atoms with Gasteiger partial charge in [0.1, 0.15) is 5.75 Å². The Labute approximate surface area is 167 Å². The number of carbonyl (C=O) groups is 1. The number of hydrazone groups is 1. The molecule has 1 saturated heterocycles. The van der Waals surface area contributed by atoms with Gasteiger partial charge in [-0.15, -0.1) is 0 Å². The molecule has 1 aliphatic heterocycles. The van der Waals surface area contributed by atoms with E-state index in [9.17, 15) is 4.79 Å². The van der Waals surface area contributed by atoms with E-state index in [0.717, 1.165) is 29.1 Å². The average molecular weight is 435 g/mol. The minimum atomic E-state index is -0.341. The third-order valence-corrected chi connectivity index (χ3v) is 4.73. The zero-order valence-corrected chi connectivity index (χ0v) is 17.0. The molecule has 0 atom stereocenters. The van der Waals surface area contributed by atoms with Crippen molar-refractivity contribution in [3.05, 3.63) is 40.6 Å². The summed E-state index contributed by atoms with van der Waals surface area (Å²) in [5, 5.41) is 3.93. The van der Waals surface area contributed by atoms with Crippen LogP contribution in [0.4, 0.5) is 11.6 Å². The molecule has 1 aromatic heterocycles. The molecule has 0 spiro atoms. The van der Waals surface area contributed by atoms with Crippen LogP contribution in [-0.4, -0.2) is 45.9 Å². The molecular weight excluding hydrogens is 412 g/mol. The molecule has 0 aliphatic carbocycles. The van der Waals surface area contributed by atoms with Crippen LogP contribution in [0, 0.1) is 0 Å². The number of rotatable bonds is 7. The molecule has 1 aliphatic rings. The van der Waals surface area contributed by atoms with E-state index in [1.807, 2.05) is 49.3 Å². The molecule has 2 heterocycles. The van der Waals surface area contributed by atoms with Crippen molar-refractivity contribution in [2.45, 2.75) is 12.8 Å². The van der Waals surface area contributed by atoms with Crippen LogP contribution < -0.4 is 20.0 Å². The smallest absolute Gasteiger partial charge is 0.277 e. The quantitative estimate of drug-likeness (QED) is 0.534. The Balaban J connectivity index is 1.49. The summed E-state index contributed by atoms with van der Waals surface area (Å²) in [5.74, 6) is 1.67. The van der Waals surface area contributed by atoms with Crippen molar-refractivity contribution in [3.8, 4) is 5.75 Å². The van der Waals surface area contributed by atoms with Gasteiger partial charge in [-0.1, -0.05) is 6.07 Å². The van der Waals surface area contributed by atoms with Crippen LogP contribution in [0.25, 0.3) is 0 Å². The van der Waals surface area contributed by atoms with E-state index in [1.54, 1.807) is 0 Å². The second kappa shape index (κ2) is 8.94. The van der Waals surface area contributed by atoms with Gasteiger partial charge >= 0.3 is 0 Å². The molecule has 1 amide bonds. The number of amides is 1. The highest BCUT2D eigenvalue weighted by molar-refractivity contribution is 9.10. The highest BCUT2D eigenvalue weighted by Crippen LogP contribution is 2.31. The predicted molar refractivity (Wildman–Crippen MR) is 110 cm³/mol. The van der Waals surface area contributed by atoms with Crippen molar-refractivity contribution >= 4 is 39.6 Å². The molecule has 2 aromatic rings. The number of hydrogen-bond acceptors (Lipinski definition) is 6. The first kappa shape index (κ1) is 19.3. The van der Waals surface area contributed by atoms with E-state index in [2.05, 4.69) is 31.4 Å². The monoisotopic (exact) mass is 434 g/mol.